The zero-order chi connectivity index (χ0) is 24.9. The molecular formula is C28H41N3O4. The number of Topliss-reactive ketones (excluding diaryl/α,β-unsaturated/α-hetero) is 1. The lowest BCUT2D eigenvalue weighted by Gasteiger charge is -2.35. The summed E-state index contributed by atoms with van der Waals surface area (Å²) in [6.45, 7) is 2.42. The number of carbonyl (C=O) groups excluding carboxylic acids is 3. The van der Waals surface area contributed by atoms with Crippen molar-refractivity contribution < 1.29 is 19.1 Å². The van der Waals surface area contributed by atoms with Crippen LogP contribution in [0.25, 0.3) is 0 Å². The van der Waals surface area contributed by atoms with Crippen molar-refractivity contribution in [3.8, 4) is 0 Å². The predicted molar refractivity (Wildman–Crippen MR) is 135 cm³/mol. The maximum atomic E-state index is 13.9. The number of ether oxygens (including phenoxy) is 1. The molecular weight excluding hydrogens is 442 g/mol. The lowest BCUT2D eigenvalue weighted by molar-refractivity contribution is -0.145. The Morgan fingerprint density at radius 3 is 2.54 bits per heavy atom. The molecule has 7 heteroatoms. The van der Waals surface area contributed by atoms with Gasteiger partial charge in [0.15, 0.2) is 0 Å². The van der Waals surface area contributed by atoms with Crippen molar-refractivity contribution >= 4 is 17.6 Å². The average Bonchev–Trinajstić information content (AvgIpc) is 3.52. The molecule has 0 bridgehead atoms. The molecule has 0 radical (unpaired) electrons. The first-order chi connectivity index (χ1) is 16.9. The molecule has 5 atom stereocenters. The second-order valence-electron chi connectivity index (χ2n) is 10.5. The Hall–Kier alpha value is -2.25. The minimum absolute atomic E-state index is 0.0127. The van der Waals surface area contributed by atoms with Crippen LogP contribution in [0.15, 0.2) is 24.3 Å². The van der Waals surface area contributed by atoms with Crippen LogP contribution in [0.2, 0.25) is 0 Å². The highest BCUT2D eigenvalue weighted by Crippen LogP contribution is 2.36. The third-order valence-corrected chi connectivity index (χ3v) is 8.50. The molecule has 192 valence electrons. The van der Waals surface area contributed by atoms with Crippen molar-refractivity contribution in [2.24, 2.45) is 11.8 Å². The fourth-order valence-electron chi connectivity index (χ4n) is 6.26. The van der Waals surface area contributed by atoms with Crippen LogP contribution in [0, 0.1) is 11.8 Å². The quantitative estimate of drug-likeness (QED) is 0.563. The number of carbonyl (C=O) groups is 3. The van der Waals surface area contributed by atoms with Gasteiger partial charge in [0.2, 0.25) is 11.8 Å². The first kappa shape index (κ1) is 25.8. The molecule has 1 heterocycles. The molecule has 1 saturated heterocycles. The van der Waals surface area contributed by atoms with E-state index in [0.717, 1.165) is 44.1 Å². The Kier molecular flexibility index (Phi) is 8.60. The lowest BCUT2D eigenvalue weighted by Crippen LogP contribution is -2.51. The van der Waals surface area contributed by atoms with E-state index in [1.165, 1.54) is 12.0 Å². The van der Waals surface area contributed by atoms with Crippen molar-refractivity contribution in [3.63, 3.8) is 0 Å². The topological polar surface area (TPSA) is 87.7 Å². The van der Waals surface area contributed by atoms with E-state index in [9.17, 15) is 14.4 Å². The molecule has 35 heavy (non-hydrogen) atoms. The zero-order valence-electron chi connectivity index (χ0n) is 21.4. The van der Waals surface area contributed by atoms with Crippen LogP contribution in [-0.4, -0.2) is 61.4 Å². The molecule has 1 aliphatic heterocycles. The number of likely N-dealkylation sites (tertiary alicyclic amines) is 1. The number of rotatable bonds is 9. The first-order valence-electron chi connectivity index (χ1n) is 13.4. The van der Waals surface area contributed by atoms with E-state index in [1.54, 1.807) is 19.1 Å². The van der Waals surface area contributed by atoms with E-state index in [4.69, 9.17) is 4.74 Å². The first-order valence-corrected chi connectivity index (χ1v) is 13.4. The number of likely N-dealkylation sites (N-methyl/N-ethyl adjacent to an activating group) is 1. The molecule has 2 fully saturated rings. The number of ketones is 1. The van der Waals surface area contributed by atoms with Gasteiger partial charge >= 0.3 is 0 Å². The van der Waals surface area contributed by atoms with Gasteiger partial charge in [0.25, 0.3) is 0 Å². The molecule has 4 rings (SSSR count). The van der Waals surface area contributed by atoms with Crippen LogP contribution in [0.1, 0.15) is 75.5 Å². The van der Waals surface area contributed by atoms with Gasteiger partial charge in [0, 0.05) is 32.4 Å². The van der Waals surface area contributed by atoms with Crippen LogP contribution in [0.4, 0.5) is 0 Å². The smallest absolute Gasteiger partial charge is 0.243 e. The molecule has 0 aromatic heterocycles. The molecule has 2 N–H and O–H groups in total. The second-order valence-corrected chi connectivity index (χ2v) is 10.5. The minimum atomic E-state index is -0.490. The van der Waals surface area contributed by atoms with Crippen molar-refractivity contribution in [2.75, 3.05) is 20.7 Å². The number of nitrogens with one attached hydrogen (secondary N) is 2. The number of benzene rings is 1. The second kappa shape index (κ2) is 11.7. The minimum Gasteiger partial charge on any atom is -0.379 e. The number of hydrogen-bond donors (Lipinski definition) is 2. The van der Waals surface area contributed by atoms with E-state index in [-0.39, 0.29) is 54.0 Å². The van der Waals surface area contributed by atoms with Crippen molar-refractivity contribution in [2.45, 2.75) is 88.9 Å². The highest BCUT2D eigenvalue weighted by molar-refractivity contribution is 5.93. The normalized spacial score (nSPS) is 26.3. The number of methoxy groups -OCH3 is 1. The Morgan fingerprint density at radius 1 is 1.09 bits per heavy atom. The summed E-state index contributed by atoms with van der Waals surface area (Å²) in [7, 11) is 3.45. The van der Waals surface area contributed by atoms with Gasteiger partial charge in [-0.1, -0.05) is 43.5 Å². The van der Waals surface area contributed by atoms with Gasteiger partial charge in [0.05, 0.1) is 18.2 Å². The van der Waals surface area contributed by atoms with Crippen LogP contribution in [-0.2, 0) is 25.5 Å². The summed E-state index contributed by atoms with van der Waals surface area (Å²) in [5.74, 6) is -0.181. The fraction of sp³-hybridized carbons (Fsp3) is 0.679. The van der Waals surface area contributed by atoms with Crippen LogP contribution in [0.3, 0.4) is 0 Å². The van der Waals surface area contributed by atoms with E-state index < -0.39 is 6.04 Å². The standard InChI is InChI=1S/C28H41N3O4/c1-18(29-2)24(32)17-22(19-10-5-4-6-11-19)28(34)31-15-9-14-23(31)27(33)30-26-21-13-8-7-12-20(21)16-25(26)35-3/h7-8,12-13,18-19,22-23,25-26,29H,4-6,9-11,14-17H2,1-3H3,(H,30,33)/t18-,22-,23-,25+,26-/m0/s1. The molecule has 7 nitrogen and oxygen atoms in total. The summed E-state index contributed by atoms with van der Waals surface area (Å²) in [5.41, 5.74) is 2.29. The van der Waals surface area contributed by atoms with Gasteiger partial charge in [-0.05, 0) is 56.7 Å². The fourth-order valence-corrected chi connectivity index (χ4v) is 6.26. The third kappa shape index (κ3) is 5.61. The van der Waals surface area contributed by atoms with Crippen molar-refractivity contribution in [3.05, 3.63) is 35.4 Å². The monoisotopic (exact) mass is 483 g/mol. The highest BCUT2D eigenvalue weighted by Gasteiger charge is 2.42. The van der Waals surface area contributed by atoms with Crippen LogP contribution in [0.5, 0.6) is 0 Å². The Morgan fingerprint density at radius 2 is 1.83 bits per heavy atom. The van der Waals surface area contributed by atoms with Gasteiger partial charge < -0.3 is 20.3 Å². The van der Waals surface area contributed by atoms with Crippen molar-refractivity contribution in [1.82, 2.24) is 15.5 Å². The van der Waals surface area contributed by atoms with Gasteiger partial charge in [-0.15, -0.1) is 0 Å². The Balaban J connectivity index is 1.50. The largest absolute Gasteiger partial charge is 0.379 e. The number of nitrogens with zero attached hydrogens (tertiary/aromatic N) is 1. The van der Waals surface area contributed by atoms with Gasteiger partial charge in [-0.3, -0.25) is 14.4 Å². The van der Waals surface area contributed by atoms with E-state index in [0.29, 0.717) is 13.0 Å². The van der Waals surface area contributed by atoms with E-state index in [2.05, 4.69) is 16.7 Å². The van der Waals surface area contributed by atoms with E-state index in [1.807, 2.05) is 25.1 Å². The number of amides is 2. The highest BCUT2D eigenvalue weighted by atomic mass is 16.5. The summed E-state index contributed by atoms with van der Waals surface area (Å²) in [6, 6.07) is 7.14. The van der Waals surface area contributed by atoms with Gasteiger partial charge in [0.1, 0.15) is 11.8 Å². The molecule has 1 aromatic carbocycles. The number of hydrogen-bond acceptors (Lipinski definition) is 5. The van der Waals surface area contributed by atoms with Crippen LogP contribution >= 0.6 is 0 Å². The molecule has 0 spiro atoms. The molecule has 2 amide bonds. The summed E-state index contributed by atoms with van der Waals surface area (Å²) < 4.78 is 5.70. The Labute approximate surface area is 209 Å². The summed E-state index contributed by atoms with van der Waals surface area (Å²) in [6.07, 6.45) is 7.72. The zero-order valence-corrected chi connectivity index (χ0v) is 21.4. The maximum Gasteiger partial charge on any atom is 0.243 e. The molecule has 3 aliphatic rings. The van der Waals surface area contributed by atoms with Gasteiger partial charge in [-0.2, -0.15) is 0 Å². The summed E-state index contributed by atoms with van der Waals surface area (Å²) in [5, 5.41) is 6.23. The molecule has 1 saturated carbocycles. The third-order valence-electron chi connectivity index (χ3n) is 8.50. The molecule has 0 unspecified atom stereocenters. The summed E-state index contributed by atoms with van der Waals surface area (Å²) in [4.78, 5) is 42.1. The summed E-state index contributed by atoms with van der Waals surface area (Å²) >= 11 is 0. The van der Waals surface area contributed by atoms with Crippen LogP contribution < -0.4 is 10.6 Å². The van der Waals surface area contributed by atoms with Crippen molar-refractivity contribution in [1.29, 1.82) is 0 Å². The molecule has 2 aliphatic carbocycles. The molecule has 1 aromatic rings. The average molecular weight is 484 g/mol. The predicted octanol–water partition coefficient (Wildman–Crippen LogP) is 3.17. The van der Waals surface area contributed by atoms with Gasteiger partial charge in [-0.25, -0.2) is 0 Å². The van der Waals surface area contributed by atoms with E-state index >= 15 is 0 Å². The maximum absolute atomic E-state index is 13.9. The Bertz CT molecular complexity index is 913. The number of fused-ring (bicyclic) bond motifs is 1. The SMILES string of the molecule is CN[C@@H](C)C(=O)C[C@H](C(=O)N1CCC[C@H]1C(=O)N[C@H]1c2ccccc2C[C@H]1OC)C1CCCCC1. The lowest BCUT2D eigenvalue weighted by atomic mass is 9.76.